The van der Waals surface area contributed by atoms with Gasteiger partial charge >= 0.3 is 0 Å². The zero-order valence-electron chi connectivity index (χ0n) is 15.6. The molecule has 2 aromatic rings. The summed E-state index contributed by atoms with van der Waals surface area (Å²) < 4.78 is 0. The van der Waals surface area contributed by atoms with Gasteiger partial charge in [-0.1, -0.05) is 92.4 Å². The number of fused-ring (bicyclic) bond motifs is 3. The van der Waals surface area contributed by atoms with Crippen molar-refractivity contribution in [1.29, 1.82) is 0 Å². The number of rotatable bonds is 2. The Morgan fingerprint density at radius 2 is 1.31 bits per heavy atom. The van der Waals surface area contributed by atoms with Gasteiger partial charge in [0.25, 0.3) is 0 Å². The summed E-state index contributed by atoms with van der Waals surface area (Å²) in [6.45, 7) is 0. The highest BCUT2D eigenvalue weighted by molar-refractivity contribution is 5.84. The molecule has 1 fully saturated rings. The predicted octanol–water partition coefficient (Wildman–Crippen LogP) is 7.20. The predicted molar refractivity (Wildman–Crippen MR) is 110 cm³/mol. The summed E-state index contributed by atoms with van der Waals surface area (Å²) >= 11 is 0. The summed E-state index contributed by atoms with van der Waals surface area (Å²) in [4.78, 5) is 0. The molecule has 0 N–H and O–H groups in total. The van der Waals surface area contributed by atoms with Crippen molar-refractivity contribution in [3.63, 3.8) is 0 Å². The van der Waals surface area contributed by atoms with Crippen LogP contribution in [0.1, 0.15) is 62.5 Å². The van der Waals surface area contributed by atoms with Gasteiger partial charge in [-0.2, -0.15) is 0 Å². The van der Waals surface area contributed by atoms with E-state index in [9.17, 15) is 0 Å². The Hall–Kier alpha value is -2.08. The van der Waals surface area contributed by atoms with E-state index in [4.69, 9.17) is 0 Å². The molecule has 0 atom stereocenters. The van der Waals surface area contributed by atoms with Crippen LogP contribution in [-0.4, -0.2) is 0 Å². The van der Waals surface area contributed by atoms with Crippen LogP contribution >= 0.6 is 0 Å². The minimum Gasteiger partial charge on any atom is -0.0839 e. The number of allylic oxidation sites excluding steroid dienone is 4. The third-order valence-electron chi connectivity index (χ3n) is 6.91. The second-order valence-corrected chi connectivity index (χ2v) is 8.23. The largest absolute Gasteiger partial charge is 0.0839 e. The molecule has 0 radical (unpaired) electrons. The molecule has 0 aromatic heterocycles. The van der Waals surface area contributed by atoms with Gasteiger partial charge in [0.1, 0.15) is 0 Å². The van der Waals surface area contributed by atoms with Crippen LogP contribution in [0.15, 0.2) is 72.3 Å². The maximum atomic E-state index is 2.55. The Morgan fingerprint density at radius 3 is 1.88 bits per heavy atom. The Bertz CT molecular complexity index is 814. The highest BCUT2D eigenvalue weighted by Gasteiger charge is 2.49. The zero-order chi connectivity index (χ0) is 17.4. The smallest absolute Gasteiger partial charge is 0.0488 e. The summed E-state index contributed by atoms with van der Waals surface area (Å²) in [7, 11) is 0. The molecule has 26 heavy (non-hydrogen) atoms. The number of hydrogen-bond donors (Lipinski definition) is 0. The van der Waals surface area contributed by atoms with E-state index in [1.807, 2.05) is 0 Å². The quantitative estimate of drug-likeness (QED) is 0.507. The fraction of sp³-hybridized carbons (Fsp3) is 0.385. The van der Waals surface area contributed by atoms with Crippen molar-refractivity contribution in [3.05, 3.63) is 83.5 Å². The molecular formula is C26H28. The van der Waals surface area contributed by atoms with Gasteiger partial charge in [0.05, 0.1) is 0 Å². The monoisotopic (exact) mass is 340 g/mol. The van der Waals surface area contributed by atoms with E-state index in [1.54, 1.807) is 16.7 Å². The maximum absolute atomic E-state index is 2.55. The third kappa shape index (κ3) is 2.28. The maximum Gasteiger partial charge on any atom is 0.0488 e. The SMILES string of the molecule is C1=CC(C2(C3CCCCCC3)c3ccccc3-c3ccccc32)=CCC1. The second-order valence-electron chi connectivity index (χ2n) is 8.23. The first-order chi connectivity index (χ1) is 12.9. The standard InChI is InChI=1S/C26H28/c1-2-5-13-20(12-4-1)26(21-14-6-3-7-15-21)24-18-10-8-16-22(24)23-17-9-11-19-25(23)26/h6,8-11,14-20H,1-5,7,12-13H2. The van der Waals surface area contributed by atoms with Crippen LogP contribution in [0.5, 0.6) is 0 Å². The molecule has 3 aliphatic rings. The van der Waals surface area contributed by atoms with Gasteiger partial charge in [-0.05, 0) is 59.4 Å². The van der Waals surface area contributed by atoms with Gasteiger partial charge in [-0.25, -0.2) is 0 Å². The van der Waals surface area contributed by atoms with E-state index in [0.717, 1.165) is 0 Å². The van der Waals surface area contributed by atoms with Crippen LogP contribution in [0.25, 0.3) is 11.1 Å². The van der Waals surface area contributed by atoms with Gasteiger partial charge in [-0.15, -0.1) is 0 Å². The molecule has 0 bridgehead atoms. The molecule has 3 aliphatic carbocycles. The lowest BCUT2D eigenvalue weighted by atomic mass is 9.60. The molecule has 0 nitrogen and oxygen atoms in total. The number of benzene rings is 2. The van der Waals surface area contributed by atoms with E-state index in [2.05, 4.69) is 66.8 Å². The number of hydrogen-bond acceptors (Lipinski definition) is 0. The first-order valence-electron chi connectivity index (χ1n) is 10.5. The first kappa shape index (κ1) is 16.1. The van der Waals surface area contributed by atoms with Crippen LogP contribution in [0, 0.1) is 5.92 Å². The fourth-order valence-electron chi connectivity index (χ4n) is 5.87. The van der Waals surface area contributed by atoms with Gasteiger partial charge in [-0.3, -0.25) is 0 Å². The minimum atomic E-state index is 0.0639. The molecule has 0 heterocycles. The topological polar surface area (TPSA) is 0 Å². The lowest BCUT2D eigenvalue weighted by Crippen LogP contribution is -2.36. The summed E-state index contributed by atoms with van der Waals surface area (Å²) in [6, 6.07) is 18.5. The fourth-order valence-corrected chi connectivity index (χ4v) is 5.87. The van der Waals surface area contributed by atoms with Crippen LogP contribution in [0.2, 0.25) is 0 Å². The minimum absolute atomic E-state index is 0.0639. The molecule has 0 aliphatic heterocycles. The van der Waals surface area contributed by atoms with E-state index in [1.165, 1.54) is 62.5 Å². The zero-order valence-corrected chi connectivity index (χ0v) is 15.6. The van der Waals surface area contributed by atoms with Crippen molar-refractivity contribution in [2.75, 3.05) is 0 Å². The molecule has 0 spiro atoms. The highest BCUT2D eigenvalue weighted by atomic mass is 14.5. The molecule has 2 aromatic carbocycles. The van der Waals surface area contributed by atoms with Crippen molar-refractivity contribution < 1.29 is 0 Å². The van der Waals surface area contributed by atoms with E-state index < -0.39 is 0 Å². The van der Waals surface area contributed by atoms with Crippen molar-refractivity contribution in [2.45, 2.75) is 56.8 Å². The molecule has 0 heteroatoms. The molecule has 5 rings (SSSR count). The van der Waals surface area contributed by atoms with E-state index in [0.29, 0.717) is 5.92 Å². The Morgan fingerprint density at radius 1 is 0.692 bits per heavy atom. The Kier molecular flexibility index (Phi) is 4.08. The summed E-state index contributed by atoms with van der Waals surface area (Å²) in [5, 5.41) is 0. The Balaban J connectivity index is 1.81. The summed E-state index contributed by atoms with van der Waals surface area (Å²) in [6.07, 6.45) is 18.1. The van der Waals surface area contributed by atoms with Gasteiger partial charge < -0.3 is 0 Å². The highest BCUT2D eigenvalue weighted by Crippen LogP contribution is 2.59. The van der Waals surface area contributed by atoms with Crippen molar-refractivity contribution in [2.24, 2.45) is 5.92 Å². The molecule has 0 saturated heterocycles. The lowest BCUT2D eigenvalue weighted by Gasteiger charge is -2.42. The Labute approximate surface area is 157 Å². The summed E-state index contributed by atoms with van der Waals surface area (Å²) in [5.41, 5.74) is 7.68. The second kappa shape index (κ2) is 6.58. The average molecular weight is 341 g/mol. The molecule has 0 amide bonds. The van der Waals surface area contributed by atoms with Crippen LogP contribution in [0.4, 0.5) is 0 Å². The third-order valence-corrected chi connectivity index (χ3v) is 6.91. The normalized spacial score (nSPS) is 21.6. The van der Waals surface area contributed by atoms with Gasteiger partial charge in [0.2, 0.25) is 0 Å². The molecule has 0 unspecified atom stereocenters. The molecule has 1 saturated carbocycles. The van der Waals surface area contributed by atoms with Crippen molar-refractivity contribution >= 4 is 0 Å². The molecular weight excluding hydrogens is 312 g/mol. The van der Waals surface area contributed by atoms with Crippen molar-refractivity contribution in [3.8, 4) is 11.1 Å². The van der Waals surface area contributed by atoms with Crippen LogP contribution in [0.3, 0.4) is 0 Å². The van der Waals surface area contributed by atoms with Gasteiger partial charge in [0, 0.05) is 5.41 Å². The first-order valence-corrected chi connectivity index (χ1v) is 10.5. The summed E-state index contributed by atoms with van der Waals surface area (Å²) in [5.74, 6) is 0.712. The van der Waals surface area contributed by atoms with Crippen LogP contribution < -0.4 is 0 Å². The van der Waals surface area contributed by atoms with Crippen LogP contribution in [-0.2, 0) is 5.41 Å². The average Bonchev–Trinajstić information content (AvgIpc) is 2.84. The van der Waals surface area contributed by atoms with E-state index >= 15 is 0 Å². The molecule has 132 valence electrons. The lowest BCUT2D eigenvalue weighted by molar-refractivity contribution is 0.334. The van der Waals surface area contributed by atoms with E-state index in [-0.39, 0.29) is 5.41 Å². The van der Waals surface area contributed by atoms with Gasteiger partial charge in [0.15, 0.2) is 0 Å². The van der Waals surface area contributed by atoms with Crippen molar-refractivity contribution in [1.82, 2.24) is 0 Å².